The molecule has 0 aliphatic heterocycles. The average molecular weight is 439 g/mol. The Morgan fingerprint density at radius 2 is 1.52 bits per heavy atom. The van der Waals surface area contributed by atoms with Crippen molar-refractivity contribution in [1.82, 2.24) is 0 Å². The quantitative estimate of drug-likeness (QED) is 0.535. The Bertz CT molecular complexity index is 1170. The van der Waals surface area contributed by atoms with E-state index in [2.05, 4.69) is 10.0 Å². The minimum atomic E-state index is -3.75. The molecule has 6 nitrogen and oxygen atoms in total. The number of carbonyl (C=O) groups excluding carboxylic acids is 1. The summed E-state index contributed by atoms with van der Waals surface area (Å²) in [4.78, 5) is 12.7. The lowest BCUT2D eigenvalue weighted by Crippen LogP contribution is -2.15. The van der Waals surface area contributed by atoms with Gasteiger partial charge in [-0.3, -0.25) is 9.52 Å². The van der Waals surface area contributed by atoms with Crippen molar-refractivity contribution >= 4 is 27.3 Å². The van der Waals surface area contributed by atoms with Crippen LogP contribution in [0, 0.1) is 13.8 Å². The maximum Gasteiger partial charge on any atom is 0.261 e. The van der Waals surface area contributed by atoms with Crippen molar-refractivity contribution in [2.24, 2.45) is 0 Å². The molecule has 2 N–H and O–H groups in total. The van der Waals surface area contributed by atoms with E-state index in [-0.39, 0.29) is 16.9 Å². The number of amides is 1. The summed E-state index contributed by atoms with van der Waals surface area (Å²) in [6.45, 7) is 7.53. The molecule has 3 rings (SSSR count). The Balaban J connectivity index is 1.73. The van der Waals surface area contributed by atoms with Gasteiger partial charge >= 0.3 is 0 Å². The predicted octanol–water partition coefficient (Wildman–Crippen LogP) is 5.14. The van der Waals surface area contributed by atoms with Crippen LogP contribution in [0.2, 0.25) is 0 Å². The van der Waals surface area contributed by atoms with E-state index in [4.69, 9.17) is 4.74 Å². The minimum absolute atomic E-state index is 0.00451. The smallest absolute Gasteiger partial charge is 0.261 e. The lowest BCUT2D eigenvalue weighted by atomic mass is 10.1. The normalized spacial score (nSPS) is 11.3. The number of hydrogen-bond acceptors (Lipinski definition) is 4. The van der Waals surface area contributed by atoms with Crippen LogP contribution in [-0.2, 0) is 10.0 Å². The third kappa shape index (κ3) is 5.64. The highest BCUT2D eigenvalue weighted by Gasteiger charge is 2.17. The molecule has 3 aromatic carbocycles. The van der Waals surface area contributed by atoms with E-state index in [1.807, 2.05) is 45.9 Å². The SMILES string of the molecule is Cc1cccc(C)c1NS(=O)(=O)c1ccc(NC(=O)c2cccc(OC(C)C)c2)cc1. The molecule has 0 saturated heterocycles. The first-order valence-electron chi connectivity index (χ1n) is 9.93. The van der Waals surface area contributed by atoms with Crippen LogP contribution >= 0.6 is 0 Å². The monoisotopic (exact) mass is 438 g/mol. The molecule has 31 heavy (non-hydrogen) atoms. The highest BCUT2D eigenvalue weighted by Crippen LogP contribution is 2.24. The Hall–Kier alpha value is -3.32. The maximum atomic E-state index is 12.8. The summed E-state index contributed by atoms with van der Waals surface area (Å²) in [5, 5.41) is 2.78. The van der Waals surface area contributed by atoms with Crippen LogP contribution < -0.4 is 14.8 Å². The molecule has 0 radical (unpaired) electrons. The molecule has 0 aromatic heterocycles. The van der Waals surface area contributed by atoms with Gasteiger partial charge in [-0.1, -0.05) is 24.3 Å². The topological polar surface area (TPSA) is 84.5 Å². The fraction of sp³-hybridized carbons (Fsp3) is 0.208. The molecule has 0 fully saturated rings. The van der Waals surface area contributed by atoms with Gasteiger partial charge < -0.3 is 10.1 Å². The Morgan fingerprint density at radius 3 is 2.13 bits per heavy atom. The van der Waals surface area contributed by atoms with Crippen LogP contribution in [0.1, 0.15) is 35.3 Å². The summed E-state index contributed by atoms with van der Waals surface area (Å²) in [6, 6.07) is 18.5. The van der Waals surface area contributed by atoms with E-state index in [0.717, 1.165) is 11.1 Å². The lowest BCUT2D eigenvalue weighted by molar-refractivity contribution is 0.102. The molecule has 3 aromatic rings. The van der Waals surface area contributed by atoms with Crippen molar-refractivity contribution in [3.05, 3.63) is 83.4 Å². The number of hydrogen-bond donors (Lipinski definition) is 2. The summed E-state index contributed by atoms with van der Waals surface area (Å²) in [5.41, 5.74) is 3.20. The number of ether oxygens (including phenoxy) is 1. The van der Waals surface area contributed by atoms with Gasteiger partial charge in [0.2, 0.25) is 0 Å². The van der Waals surface area contributed by atoms with Crippen molar-refractivity contribution in [2.75, 3.05) is 10.0 Å². The molecule has 0 heterocycles. The van der Waals surface area contributed by atoms with E-state index in [9.17, 15) is 13.2 Å². The van der Waals surface area contributed by atoms with Crippen LogP contribution in [0.25, 0.3) is 0 Å². The highest BCUT2D eigenvalue weighted by atomic mass is 32.2. The number of nitrogens with one attached hydrogen (secondary N) is 2. The van der Waals surface area contributed by atoms with E-state index >= 15 is 0 Å². The average Bonchev–Trinajstić information content (AvgIpc) is 2.71. The zero-order chi connectivity index (χ0) is 22.6. The largest absolute Gasteiger partial charge is 0.491 e. The number of carbonyl (C=O) groups is 1. The maximum absolute atomic E-state index is 12.8. The molecule has 0 atom stereocenters. The number of sulfonamides is 1. The van der Waals surface area contributed by atoms with Crippen molar-refractivity contribution < 1.29 is 17.9 Å². The van der Waals surface area contributed by atoms with Gasteiger partial charge in [0.15, 0.2) is 0 Å². The fourth-order valence-electron chi connectivity index (χ4n) is 3.07. The van der Waals surface area contributed by atoms with Crippen LogP contribution in [0.3, 0.4) is 0 Å². The molecular formula is C24H26N2O4S. The van der Waals surface area contributed by atoms with Gasteiger partial charge in [0, 0.05) is 11.3 Å². The Labute approximate surface area is 183 Å². The summed E-state index contributed by atoms with van der Waals surface area (Å²) in [7, 11) is -3.75. The van der Waals surface area contributed by atoms with E-state index in [1.54, 1.807) is 36.4 Å². The van der Waals surface area contributed by atoms with Gasteiger partial charge in [-0.05, 0) is 81.3 Å². The number of para-hydroxylation sites is 1. The molecule has 162 valence electrons. The molecule has 0 unspecified atom stereocenters. The van der Waals surface area contributed by atoms with Gasteiger partial charge in [-0.2, -0.15) is 0 Å². The third-order valence-corrected chi connectivity index (χ3v) is 5.97. The molecule has 0 bridgehead atoms. The molecule has 7 heteroatoms. The van der Waals surface area contributed by atoms with Crippen LogP contribution in [-0.4, -0.2) is 20.4 Å². The molecule has 0 spiro atoms. The van der Waals surface area contributed by atoms with Crippen molar-refractivity contribution in [1.29, 1.82) is 0 Å². The van der Waals surface area contributed by atoms with Crippen molar-refractivity contribution in [2.45, 2.75) is 38.7 Å². The van der Waals surface area contributed by atoms with Crippen molar-refractivity contribution in [3.8, 4) is 5.75 Å². The standard InChI is InChI=1S/C24H26N2O4S/c1-16(2)30-21-10-6-9-19(15-21)24(27)25-20-11-13-22(14-12-20)31(28,29)26-23-17(3)7-5-8-18(23)4/h5-16,26H,1-4H3,(H,25,27). The number of anilines is 2. The van der Waals surface area contributed by atoms with E-state index < -0.39 is 10.0 Å². The molecule has 1 amide bonds. The Morgan fingerprint density at radius 1 is 0.903 bits per heavy atom. The lowest BCUT2D eigenvalue weighted by Gasteiger charge is -2.14. The van der Waals surface area contributed by atoms with Crippen LogP contribution in [0.4, 0.5) is 11.4 Å². The van der Waals surface area contributed by atoms with Gasteiger partial charge in [-0.25, -0.2) is 8.42 Å². The van der Waals surface area contributed by atoms with E-state index in [0.29, 0.717) is 22.7 Å². The van der Waals surface area contributed by atoms with E-state index in [1.165, 1.54) is 12.1 Å². The predicted molar refractivity (Wildman–Crippen MR) is 123 cm³/mol. The zero-order valence-electron chi connectivity index (χ0n) is 18.0. The zero-order valence-corrected chi connectivity index (χ0v) is 18.8. The number of aryl methyl sites for hydroxylation is 2. The molecule has 0 aliphatic carbocycles. The molecular weight excluding hydrogens is 412 g/mol. The van der Waals surface area contributed by atoms with Gasteiger partial charge in [0.1, 0.15) is 5.75 Å². The number of benzene rings is 3. The van der Waals surface area contributed by atoms with Crippen LogP contribution in [0.15, 0.2) is 71.6 Å². The molecule has 0 aliphatic rings. The fourth-order valence-corrected chi connectivity index (χ4v) is 4.28. The van der Waals surface area contributed by atoms with Crippen molar-refractivity contribution in [3.63, 3.8) is 0 Å². The second-order valence-electron chi connectivity index (χ2n) is 7.55. The summed E-state index contributed by atoms with van der Waals surface area (Å²) >= 11 is 0. The molecule has 0 saturated carbocycles. The van der Waals surface area contributed by atoms with Gasteiger partial charge in [0.25, 0.3) is 15.9 Å². The first kappa shape index (κ1) is 22.4. The minimum Gasteiger partial charge on any atom is -0.491 e. The van der Waals surface area contributed by atoms with Gasteiger partial charge in [0.05, 0.1) is 16.7 Å². The highest BCUT2D eigenvalue weighted by molar-refractivity contribution is 7.92. The first-order valence-corrected chi connectivity index (χ1v) is 11.4. The summed E-state index contributed by atoms with van der Waals surface area (Å²) in [6.07, 6.45) is 0.00451. The summed E-state index contributed by atoms with van der Waals surface area (Å²) < 4.78 is 33.8. The Kier molecular flexibility index (Phi) is 6.65. The second-order valence-corrected chi connectivity index (χ2v) is 9.23. The van der Waals surface area contributed by atoms with Crippen LogP contribution in [0.5, 0.6) is 5.75 Å². The van der Waals surface area contributed by atoms with Gasteiger partial charge in [-0.15, -0.1) is 0 Å². The first-order chi connectivity index (χ1) is 14.7. The summed E-state index contributed by atoms with van der Waals surface area (Å²) in [5.74, 6) is 0.306. The second kappa shape index (κ2) is 9.22. The third-order valence-electron chi connectivity index (χ3n) is 4.61. The number of rotatable bonds is 7.